The topological polar surface area (TPSA) is 35.5 Å². The van der Waals surface area contributed by atoms with Gasteiger partial charge in [-0.2, -0.15) is 0 Å². The molecular formula is C13H32N2O. The van der Waals surface area contributed by atoms with Gasteiger partial charge in [-0.05, 0) is 45.6 Å². The quantitative estimate of drug-likeness (QED) is 0.782. The number of rotatable bonds is 3. The zero-order valence-corrected chi connectivity index (χ0v) is 11.9. The number of piperidine rings is 1. The zero-order valence-electron chi connectivity index (χ0n) is 11.9. The Morgan fingerprint density at radius 2 is 1.38 bits per heavy atom. The Bertz CT molecular complexity index is 105. The fraction of sp³-hybridized carbons (Fsp3) is 1.00. The average Bonchev–Trinajstić information content (AvgIpc) is 2.36. The Labute approximate surface area is 102 Å². The summed E-state index contributed by atoms with van der Waals surface area (Å²) in [5.74, 6) is 0. The maximum atomic E-state index is 8.87. The third kappa shape index (κ3) is 12.0. The predicted molar refractivity (Wildman–Crippen MR) is 72.9 cm³/mol. The largest absolute Gasteiger partial charge is 0.393 e. The average molecular weight is 232 g/mol. The molecule has 2 N–H and O–H groups in total. The van der Waals surface area contributed by atoms with Gasteiger partial charge >= 0.3 is 0 Å². The van der Waals surface area contributed by atoms with Gasteiger partial charge in [-0.15, -0.1) is 0 Å². The van der Waals surface area contributed by atoms with E-state index in [4.69, 9.17) is 5.11 Å². The molecule has 100 valence electrons. The van der Waals surface area contributed by atoms with Crippen LogP contribution in [0.15, 0.2) is 0 Å². The Kier molecular flexibility index (Phi) is 17.0. The van der Waals surface area contributed by atoms with Gasteiger partial charge in [-0.3, -0.25) is 0 Å². The smallest absolute Gasteiger partial charge is 0.0564 e. The molecule has 0 aromatic heterocycles. The van der Waals surface area contributed by atoms with Crippen LogP contribution in [-0.4, -0.2) is 48.8 Å². The fourth-order valence-corrected chi connectivity index (χ4v) is 1.48. The first-order valence-corrected chi connectivity index (χ1v) is 6.85. The zero-order chi connectivity index (χ0) is 12.8. The lowest BCUT2D eigenvalue weighted by Gasteiger charge is -2.16. The summed E-state index contributed by atoms with van der Waals surface area (Å²) in [6.07, 6.45) is 1.83. The minimum Gasteiger partial charge on any atom is -0.393 e. The number of aliphatic hydroxyl groups excluding tert-OH is 1. The summed E-state index contributed by atoms with van der Waals surface area (Å²) in [5.41, 5.74) is 0. The summed E-state index contributed by atoms with van der Waals surface area (Å²) in [7, 11) is 0. The van der Waals surface area contributed by atoms with E-state index in [1.54, 1.807) is 0 Å². The van der Waals surface area contributed by atoms with Gasteiger partial charge in [-0.1, -0.05) is 34.6 Å². The molecule has 0 aliphatic carbocycles. The van der Waals surface area contributed by atoms with E-state index in [1.165, 1.54) is 19.6 Å². The summed E-state index contributed by atoms with van der Waals surface area (Å²) in [4.78, 5) is 2.38. The van der Waals surface area contributed by atoms with E-state index < -0.39 is 0 Å². The van der Waals surface area contributed by atoms with E-state index in [-0.39, 0.29) is 6.10 Å². The normalized spacial score (nSPS) is 15.9. The van der Waals surface area contributed by atoms with Crippen molar-refractivity contribution in [3.05, 3.63) is 0 Å². The number of aliphatic hydroxyl groups is 1. The SMILES string of the molecule is CC.CCN(CC)CC.OC1CCNCC1. The number of nitrogens with one attached hydrogen (secondary N) is 1. The molecule has 1 rings (SSSR count). The van der Waals surface area contributed by atoms with Crippen LogP contribution in [0.1, 0.15) is 47.5 Å². The molecule has 3 nitrogen and oxygen atoms in total. The molecule has 16 heavy (non-hydrogen) atoms. The highest BCUT2D eigenvalue weighted by Crippen LogP contribution is 1.99. The molecule has 0 radical (unpaired) electrons. The summed E-state index contributed by atoms with van der Waals surface area (Å²) in [5, 5.41) is 12.0. The highest BCUT2D eigenvalue weighted by molar-refractivity contribution is 4.65. The van der Waals surface area contributed by atoms with E-state index in [0.717, 1.165) is 25.9 Å². The minimum absolute atomic E-state index is 0.0266. The summed E-state index contributed by atoms with van der Waals surface area (Å²) >= 11 is 0. The van der Waals surface area contributed by atoms with Crippen molar-refractivity contribution in [1.82, 2.24) is 10.2 Å². The molecular weight excluding hydrogens is 200 g/mol. The van der Waals surface area contributed by atoms with Crippen LogP contribution in [0.3, 0.4) is 0 Å². The van der Waals surface area contributed by atoms with Gasteiger partial charge in [0.05, 0.1) is 6.10 Å². The van der Waals surface area contributed by atoms with Crippen LogP contribution < -0.4 is 5.32 Å². The van der Waals surface area contributed by atoms with Gasteiger partial charge in [-0.25, -0.2) is 0 Å². The first-order valence-electron chi connectivity index (χ1n) is 6.85. The maximum absolute atomic E-state index is 8.87. The summed E-state index contributed by atoms with van der Waals surface area (Å²) in [6, 6.07) is 0. The first kappa shape index (κ1) is 18.3. The first-order chi connectivity index (χ1) is 7.74. The van der Waals surface area contributed by atoms with Crippen molar-refractivity contribution in [2.75, 3.05) is 32.7 Å². The van der Waals surface area contributed by atoms with E-state index in [2.05, 4.69) is 31.0 Å². The monoisotopic (exact) mass is 232 g/mol. The van der Waals surface area contributed by atoms with E-state index in [9.17, 15) is 0 Å². The van der Waals surface area contributed by atoms with Crippen LogP contribution in [0.5, 0.6) is 0 Å². The number of hydrogen-bond donors (Lipinski definition) is 2. The van der Waals surface area contributed by atoms with Crippen LogP contribution in [0.2, 0.25) is 0 Å². The predicted octanol–water partition coefficient (Wildman–Crippen LogP) is 2.10. The molecule has 0 saturated carbocycles. The van der Waals surface area contributed by atoms with Crippen molar-refractivity contribution in [3.63, 3.8) is 0 Å². The molecule has 0 unspecified atom stereocenters. The van der Waals surface area contributed by atoms with Crippen LogP contribution in [-0.2, 0) is 0 Å². The lowest BCUT2D eigenvalue weighted by molar-refractivity contribution is 0.137. The third-order valence-electron chi connectivity index (χ3n) is 2.65. The molecule has 1 heterocycles. The van der Waals surface area contributed by atoms with Crippen molar-refractivity contribution in [2.24, 2.45) is 0 Å². The Morgan fingerprint density at radius 1 is 1.00 bits per heavy atom. The van der Waals surface area contributed by atoms with Gasteiger partial charge in [0.15, 0.2) is 0 Å². The van der Waals surface area contributed by atoms with Gasteiger partial charge < -0.3 is 15.3 Å². The van der Waals surface area contributed by atoms with Crippen molar-refractivity contribution in [3.8, 4) is 0 Å². The van der Waals surface area contributed by atoms with Crippen LogP contribution in [0.4, 0.5) is 0 Å². The Hall–Kier alpha value is -0.120. The van der Waals surface area contributed by atoms with Crippen molar-refractivity contribution >= 4 is 0 Å². The molecule has 1 aliphatic rings. The van der Waals surface area contributed by atoms with E-state index in [0.29, 0.717) is 0 Å². The molecule has 0 aromatic rings. The minimum atomic E-state index is -0.0266. The molecule has 1 fully saturated rings. The van der Waals surface area contributed by atoms with Gasteiger partial charge in [0, 0.05) is 0 Å². The second-order valence-electron chi connectivity index (χ2n) is 3.60. The molecule has 0 atom stereocenters. The summed E-state index contributed by atoms with van der Waals surface area (Å²) in [6.45, 7) is 16.1. The Balaban J connectivity index is 0. The van der Waals surface area contributed by atoms with Crippen LogP contribution in [0.25, 0.3) is 0 Å². The molecule has 3 heteroatoms. The second-order valence-corrected chi connectivity index (χ2v) is 3.60. The maximum Gasteiger partial charge on any atom is 0.0564 e. The van der Waals surface area contributed by atoms with Gasteiger partial charge in [0.25, 0.3) is 0 Å². The third-order valence-corrected chi connectivity index (χ3v) is 2.65. The molecule has 0 aromatic carbocycles. The van der Waals surface area contributed by atoms with Crippen LogP contribution >= 0.6 is 0 Å². The van der Waals surface area contributed by atoms with Gasteiger partial charge in [0.2, 0.25) is 0 Å². The summed E-state index contributed by atoms with van der Waals surface area (Å²) < 4.78 is 0. The molecule has 0 amide bonds. The molecule has 1 aliphatic heterocycles. The van der Waals surface area contributed by atoms with Crippen molar-refractivity contribution < 1.29 is 5.11 Å². The lowest BCUT2D eigenvalue weighted by Crippen LogP contribution is -2.30. The molecule has 0 spiro atoms. The van der Waals surface area contributed by atoms with E-state index in [1.807, 2.05) is 13.8 Å². The molecule has 0 bridgehead atoms. The lowest BCUT2D eigenvalue weighted by atomic mass is 10.1. The van der Waals surface area contributed by atoms with Gasteiger partial charge in [0.1, 0.15) is 0 Å². The second kappa shape index (κ2) is 14.9. The number of hydrogen-bond acceptors (Lipinski definition) is 3. The Morgan fingerprint density at radius 3 is 1.50 bits per heavy atom. The molecule has 1 saturated heterocycles. The fourth-order valence-electron chi connectivity index (χ4n) is 1.48. The van der Waals surface area contributed by atoms with E-state index >= 15 is 0 Å². The van der Waals surface area contributed by atoms with Crippen molar-refractivity contribution in [1.29, 1.82) is 0 Å². The van der Waals surface area contributed by atoms with Crippen LogP contribution in [0, 0.1) is 0 Å². The highest BCUT2D eigenvalue weighted by atomic mass is 16.3. The van der Waals surface area contributed by atoms with Crippen molar-refractivity contribution in [2.45, 2.75) is 53.6 Å². The highest BCUT2D eigenvalue weighted by Gasteiger charge is 2.06. The standard InChI is InChI=1S/C6H15N.C5H11NO.C2H6/c1-4-7(5-2)6-3;7-5-1-3-6-4-2-5;1-2/h4-6H2,1-3H3;5-7H,1-4H2;1-2H3. The number of nitrogens with zero attached hydrogens (tertiary/aromatic N) is 1.